The summed E-state index contributed by atoms with van der Waals surface area (Å²) < 4.78 is 1.96. The van der Waals surface area contributed by atoms with E-state index in [4.69, 9.17) is 10.8 Å². The molecule has 0 fully saturated rings. The summed E-state index contributed by atoms with van der Waals surface area (Å²) in [7, 11) is 0. The molecule has 1 aliphatic rings. The van der Waals surface area contributed by atoms with Gasteiger partial charge in [-0.2, -0.15) is 5.10 Å². The van der Waals surface area contributed by atoms with Crippen LogP contribution in [0.2, 0.25) is 0 Å². The number of rotatable bonds is 3. The molecule has 0 amide bonds. The van der Waals surface area contributed by atoms with Crippen molar-refractivity contribution in [1.29, 1.82) is 0 Å². The van der Waals surface area contributed by atoms with Crippen molar-refractivity contribution >= 4 is 11.5 Å². The van der Waals surface area contributed by atoms with Gasteiger partial charge in [-0.25, -0.2) is 0 Å². The van der Waals surface area contributed by atoms with Crippen LogP contribution >= 0.6 is 0 Å². The van der Waals surface area contributed by atoms with E-state index in [1.165, 1.54) is 0 Å². The molecule has 5 heteroatoms. The number of ketones is 1. The minimum Gasteiger partial charge on any atom is -0.399 e. The Bertz CT molecular complexity index is 899. The number of carbonyl (C=O) groups is 1. The molecule has 24 heavy (non-hydrogen) atoms. The predicted molar refractivity (Wildman–Crippen MR) is 92.7 cm³/mol. The Morgan fingerprint density at radius 1 is 1.12 bits per heavy atom. The van der Waals surface area contributed by atoms with Crippen molar-refractivity contribution in [2.24, 2.45) is 0 Å². The molecule has 0 unspecified atom stereocenters. The summed E-state index contributed by atoms with van der Waals surface area (Å²) in [6.07, 6.45) is 5.89. The maximum Gasteiger partial charge on any atom is 0.166 e. The molecule has 1 aromatic carbocycles. The van der Waals surface area contributed by atoms with Gasteiger partial charge in [-0.3, -0.25) is 14.5 Å². The normalized spacial score (nSPS) is 13.8. The zero-order chi connectivity index (χ0) is 16.5. The monoisotopic (exact) mass is 318 g/mol. The number of pyridine rings is 1. The second-order valence-electron chi connectivity index (χ2n) is 6.09. The highest BCUT2D eigenvalue weighted by atomic mass is 16.1. The summed E-state index contributed by atoms with van der Waals surface area (Å²) in [5.74, 6) is 0.176. The lowest BCUT2D eigenvalue weighted by atomic mass is 9.92. The topological polar surface area (TPSA) is 73.8 Å². The zero-order valence-electron chi connectivity index (χ0n) is 13.3. The Labute approximate surface area is 140 Å². The second kappa shape index (κ2) is 5.92. The van der Waals surface area contributed by atoms with Crippen molar-refractivity contribution in [3.05, 3.63) is 65.6 Å². The van der Waals surface area contributed by atoms with Gasteiger partial charge in [0.15, 0.2) is 5.78 Å². The first kappa shape index (κ1) is 14.6. The number of aromatic nitrogens is 3. The molecular formula is C19H18N4O. The van der Waals surface area contributed by atoms with E-state index in [1.54, 1.807) is 12.4 Å². The van der Waals surface area contributed by atoms with Crippen LogP contribution in [-0.4, -0.2) is 20.5 Å². The maximum atomic E-state index is 12.5. The van der Waals surface area contributed by atoms with Crippen LogP contribution in [0.15, 0.2) is 48.8 Å². The summed E-state index contributed by atoms with van der Waals surface area (Å²) in [5, 5.41) is 4.77. The van der Waals surface area contributed by atoms with Crippen molar-refractivity contribution in [3.63, 3.8) is 0 Å². The first-order valence-corrected chi connectivity index (χ1v) is 8.10. The van der Waals surface area contributed by atoms with Crippen LogP contribution in [0, 0.1) is 0 Å². The van der Waals surface area contributed by atoms with Crippen LogP contribution in [-0.2, 0) is 13.0 Å². The third kappa shape index (κ3) is 2.58. The summed E-state index contributed by atoms with van der Waals surface area (Å²) >= 11 is 0. The fourth-order valence-electron chi connectivity index (χ4n) is 3.27. The number of anilines is 1. The van der Waals surface area contributed by atoms with Gasteiger partial charge in [-0.15, -0.1) is 0 Å². The Kier molecular flexibility index (Phi) is 3.61. The Hall–Kier alpha value is -2.95. The standard InChI is InChI=1S/C19H18N4O/c20-15-4-1-3-14(11-15)19-18-16(5-2-6-17(18)24)23(22-19)12-13-7-9-21-10-8-13/h1,3-4,7-11H,2,5-6,12,20H2. The lowest BCUT2D eigenvalue weighted by Crippen LogP contribution is -2.14. The molecule has 2 heterocycles. The molecule has 0 saturated carbocycles. The number of Topliss-reactive ketones (excluding diaryl/α,β-unsaturated/α-hetero) is 1. The van der Waals surface area contributed by atoms with Gasteiger partial charge in [0.05, 0.1) is 17.8 Å². The van der Waals surface area contributed by atoms with Crippen molar-refractivity contribution in [2.45, 2.75) is 25.8 Å². The van der Waals surface area contributed by atoms with Gasteiger partial charge in [0, 0.05) is 30.1 Å². The summed E-state index contributed by atoms with van der Waals surface area (Å²) in [6.45, 7) is 0.639. The fraction of sp³-hybridized carbons (Fsp3) is 0.211. The van der Waals surface area contributed by atoms with Crippen molar-refractivity contribution < 1.29 is 4.79 Å². The molecule has 0 bridgehead atoms. The summed E-state index contributed by atoms with van der Waals surface area (Å²) in [5.41, 5.74) is 11.1. The molecule has 0 aliphatic heterocycles. The van der Waals surface area contributed by atoms with Gasteiger partial charge in [-0.05, 0) is 42.7 Å². The maximum absolute atomic E-state index is 12.5. The number of fused-ring (bicyclic) bond motifs is 1. The van der Waals surface area contributed by atoms with E-state index in [1.807, 2.05) is 41.1 Å². The molecule has 0 radical (unpaired) electrons. The van der Waals surface area contributed by atoms with Crippen LogP contribution in [0.25, 0.3) is 11.3 Å². The first-order valence-electron chi connectivity index (χ1n) is 8.10. The van der Waals surface area contributed by atoms with Crippen molar-refractivity contribution in [2.75, 3.05) is 5.73 Å². The predicted octanol–water partition coefficient (Wildman–Crippen LogP) is 3.09. The van der Waals surface area contributed by atoms with Crippen LogP contribution < -0.4 is 5.73 Å². The number of hydrogen-bond donors (Lipinski definition) is 1. The van der Waals surface area contributed by atoms with Gasteiger partial charge < -0.3 is 5.73 Å². The van der Waals surface area contributed by atoms with Gasteiger partial charge in [0.25, 0.3) is 0 Å². The van der Waals surface area contributed by atoms with E-state index in [0.29, 0.717) is 18.7 Å². The number of nitrogens with two attached hydrogens (primary N) is 1. The zero-order valence-corrected chi connectivity index (χ0v) is 13.3. The smallest absolute Gasteiger partial charge is 0.166 e. The van der Waals surface area contributed by atoms with E-state index in [0.717, 1.165) is 40.9 Å². The average molecular weight is 318 g/mol. The lowest BCUT2D eigenvalue weighted by Gasteiger charge is -2.13. The third-order valence-corrected chi connectivity index (χ3v) is 4.40. The van der Waals surface area contributed by atoms with Crippen LogP contribution in [0.3, 0.4) is 0 Å². The Morgan fingerprint density at radius 3 is 2.75 bits per heavy atom. The minimum atomic E-state index is 0.176. The molecule has 3 aromatic rings. The SMILES string of the molecule is Nc1cccc(-c2nn(Cc3ccncc3)c3c2C(=O)CCC3)c1. The highest BCUT2D eigenvalue weighted by molar-refractivity contribution is 6.03. The minimum absolute atomic E-state index is 0.176. The molecule has 2 N–H and O–H groups in total. The average Bonchev–Trinajstić information content (AvgIpc) is 2.96. The van der Waals surface area contributed by atoms with Crippen LogP contribution in [0.4, 0.5) is 5.69 Å². The molecule has 120 valence electrons. The molecule has 0 spiro atoms. The first-order chi connectivity index (χ1) is 11.7. The molecule has 0 atom stereocenters. The second-order valence-corrected chi connectivity index (χ2v) is 6.09. The van der Waals surface area contributed by atoms with E-state index < -0.39 is 0 Å². The van der Waals surface area contributed by atoms with Crippen molar-refractivity contribution in [1.82, 2.24) is 14.8 Å². The number of benzene rings is 1. The molecule has 4 rings (SSSR count). The molecule has 0 saturated heterocycles. The number of nitrogens with zero attached hydrogens (tertiary/aromatic N) is 3. The Morgan fingerprint density at radius 2 is 1.96 bits per heavy atom. The molecule has 1 aliphatic carbocycles. The Balaban J connectivity index is 1.84. The fourth-order valence-corrected chi connectivity index (χ4v) is 3.27. The highest BCUT2D eigenvalue weighted by Gasteiger charge is 2.27. The quantitative estimate of drug-likeness (QED) is 0.753. The molecule has 2 aromatic heterocycles. The van der Waals surface area contributed by atoms with E-state index in [9.17, 15) is 4.79 Å². The van der Waals surface area contributed by atoms with E-state index >= 15 is 0 Å². The lowest BCUT2D eigenvalue weighted by molar-refractivity contribution is 0.0972. The number of carbonyl (C=O) groups excluding carboxylic acids is 1. The van der Waals surface area contributed by atoms with E-state index in [2.05, 4.69) is 4.98 Å². The van der Waals surface area contributed by atoms with Crippen LogP contribution in [0.1, 0.15) is 34.5 Å². The largest absolute Gasteiger partial charge is 0.399 e. The number of hydrogen-bond acceptors (Lipinski definition) is 4. The van der Waals surface area contributed by atoms with Gasteiger partial charge in [0.2, 0.25) is 0 Å². The molecule has 5 nitrogen and oxygen atoms in total. The van der Waals surface area contributed by atoms with Gasteiger partial charge in [0.1, 0.15) is 5.69 Å². The summed E-state index contributed by atoms with van der Waals surface area (Å²) in [6, 6.07) is 11.5. The van der Waals surface area contributed by atoms with E-state index in [-0.39, 0.29) is 5.78 Å². The summed E-state index contributed by atoms with van der Waals surface area (Å²) in [4.78, 5) is 16.6. The number of nitrogen functional groups attached to an aromatic ring is 1. The molecular weight excluding hydrogens is 300 g/mol. The van der Waals surface area contributed by atoms with Crippen LogP contribution in [0.5, 0.6) is 0 Å². The highest BCUT2D eigenvalue weighted by Crippen LogP contribution is 2.32. The third-order valence-electron chi connectivity index (χ3n) is 4.40. The van der Waals surface area contributed by atoms with Gasteiger partial charge in [-0.1, -0.05) is 12.1 Å². The van der Waals surface area contributed by atoms with Gasteiger partial charge >= 0.3 is 0 Å². The van der Waals surface area contributed by atoms with Crippen molar-refractivity contribution in [3.8, 4) is 11.3 Å².